The number of anilines is 2. The van der Waals surface area contributed by atoms with E-state index in [1.807, 2.05) is 13.0 Å². The van der Waals surface area contributed by atoms with Crippen molar-refractivity contribution in [3.8, 4) is 0 Å². The van der Waals surface area contributed by atoms with Crippen LogP contribution in [-0.4, -0.2) is 41.1 Å². The van der Waals surface area contributed by atoms with Crippen molar-refractivity contribution in [1.82, 2.24) is 15.0 Å². The molecule has 0 radical (unpaired) electrons. The third-order valence-corrected chi connectivity index (χ3v) is 3.97. The summed E-state index contributed by atoms with van der Waals surface area (Å²) in [7, 11) is 0. The molecule has 0 unspecified atom stereocenters. The van der Waals surface area contributed by atoms with Crippen LogP contribution in [0.25, 0.3) is 0 Å². The van der Waals surface area contributed by atoms with E-state index in [9.17, 15) is 0 Å². The van der Waals surface area contributed by atoms with Crippen molar-refractivity contribution in [2.24, 2.45) is 0 Å². The minimum atomic E-state index is 0.554. The van der Waals surface area contributed by atoms with Crippen LogP contribution in [0.3, 0.4) is 0 Å². The number of piperazine rings is 1. The SMILES string of the molecule is Cc1cc(N2CCN(c3ncc(Cl)cc3Cl)CC2)ncn1. The fourth-order valence-electron chi connectivity index (χ4n) is 2.40. The topological polar surface area (TPSA) is 45.2 Å². The van der Waals surface area contributed by atoms with Gasteiger partial charge in [-0.1, -0.05) is 23.2 Å². The molecule has 5 nitrogen and oxygen atoms in total. The lowest BCUT2D eigenvalue weighted by Gasteiger charge is -2.36. The van der Waals surface area contributed by atoms with Crippen LogP contribution in [0, 0.1) is 6.92 Å². The van der Waals surface area contributed by atoms with E-state index in [1.165, 1.54) is 0 Å². The van der Waals surface area contributed by atoms with Crippen molar-refractivity contribution in [3.05, 3.63) is 40.4 Å². The Balaban J connectivity index is 1.70. The lowest BCUT2D eigenvalue weighted by Crippen LogP contribution is -2.47. The largest absolute Gasteiger partial charge is 0.353 e. The van der Waals surface area contributed by atoms with Gasteiger partial charge in [-0.2, -0.15) is 0 Å². The quantitative estimate of drug-likeness (QED) is 0.850. The van der Waals surface area contributed by atoms with Gasteiger partial charge in [0.1, 0.15) is 18.0 Å². The molecule has 7 heteroatoms. The third-order valence-electron chi connectivity index (χ3n) is 3.48. The molecule has 2 aromatic rings. The van der Waals surface area contributed by atoms with Crippen molar-refractivity contribution in [3.63, 3.8) is 0 Å². The minimum absolute atomic E-state index is 0.554. The molecule has 0 atom stereocenters. The van der Waals surface area contributed by atoms with Crippen LogP contribution in [0.5, 0.6) is 0 Å². The Bertz CT molecular complexity index is 641. The summed E-state index contributed by atoms with van der Waals surface area (Å²) < 4.78 is 0. The Kier molecular flexibility index (Phi) is 4.12. The molecule has 0 aromatic carbocycles. The molecule has 1 fully saturated rings. The minimum Gasteiger partial charge on any atom is -0.353 e. The molecule has 110 valence electrons. The van der Waals surface area contributed by atoms with Crippen LogP contribution in [0.4, 0.5) is 11.6 Å². The van der Waals surface area contributed by atoms with E-state index >= 15 is 0 Å². The number of rotatable bonds is 2. The molecule has 1 saturated heterocycles. The Morgan fingerprint density at radius 2 is 1.67 bits per heavy atom. The number of hydrogen-bond acceptors (Lipinski definition) is 5. The van der Waals surface area contributed by atoms with Gasteiger partial charge in [0, 0.05) is 44.1 Å². The zero-order chi connectivity index (χ0) is 14.8. The van der Waals surface area contributed by atoms with Crippen LogP contribution in [0.15, 0.2) is 24.7 Å². The van der Waals surface area contributed by atoms with Crippen molar-refractivity contribution in [2.75, 3.05) is 36.0 Å². The first-order chi connectivity index (χ1) is 10.1. The molecule has 0 amide bonds. The average molecular weight is 324 g/mol. The highest BCUT2D eigenvalue weighted by Crippen LogP contribution is 2.27. The van der Waals surface area contributed by atoms with E-state index in [1.54, 1.807) is 18.6 Å². The second-order valence-electron chi connectivity index (χ2n) is 4.95. The highest BCUT2D eigenvalue weighted by Gasteiger charge is 2.21. The molecule has 0 N–H and O–H groups in total. The first-order valence-corrected chi connectivity index (χ1v) is 7.48. The Morgan fingerprint density at radius 3 is 2.33 bits per heavy atom. The van der Waals surface area contributed by atoms with Crippen molar-refractivity contribution in [1.29, 1.82) is 0 Å². The maximum atomic E-state index is 6.21. The summed E-state index contributed by atoms with van der Waals surface area (Å²) in [6.07, 6.45) is 3.23. The number of aromatic nitrogens is 3. The second-order valence-corrected chi connectivity index (χ2v) is 5.79. The van der Waals surface area contributed by atoms with Crippen LogP contribution in [0.1, 0.15) is 5.69 Å². The predicted molar refractivity (Wildman–Crippen MR) is 85.5 cm³/mol. The van der Waals surface area contributed by atoms with Gasteiger partial charge in [-0.15, -0.1) is 0 Å². The summed E-state index contributed by atoms with van der Waals surface area (Å²) in [5.41, 5.74) is 0.977. The van der Waals surface area contributed by atoms with Gasteiger partial charge >= 0.3 is 0 Å². The third kappa shape index (κ3) is 3.19. The monoisotopic (exact) mass is 323 g/mol. The van der Waals surface area contributed by atoms with Gasteiger partial charge in [0.05, 0.1) is 10.0 Å². The molecule has 2 aromatic heterocycles. The van der Waals surface area contributed by atoms with Crippen LogP contribution >= 0.6 is 23.2 Å². The highest BCUT2D eigenvalue weighted by molar-refractivity contribution is 6.36. The van der Waals surface area contributed by atoms with Gasteiger partial charge in [0.25, 0.3) is 0 Å². The van der Waals surface area contributed by atoms with Gasteiger partial charge in [-0.05, 0) is 13.0 Å². The van der Waals surface area contributed by atoms with E-state index in [0.29, 0.717) is 10.0 Å². The molecule has 3 heterocycles. The van der Waals surface area contributed by atoms with E-state index in [-0.39, 0.29) is 0 Å². The van der Waals surface area contributed by atoms with E-state index in [0.717, 1.165) is 43.5 Å². The zero-order valence-electron chi connectivity index (χ0n) is 11.6. The van der Waals surface area contributed by atoms with E-state index < -0.39 is 0 Å². The van der Waals surface area contributed by atoms with Crippen LogP contribution in [0.2, 0.25) is 10.0 Å². The van der Waals surface area contributed by atoms with Crippen molar-refractivity contribution >= 4 is 34.8 Å². The second kappa shape index (κ2) is 6.03. The number of pyridine rings is 1. The summed E-state index contributed by atoms with van der Waals surface area (Å²) in [6.45, 7) is 5.40. The van der Waals surface area contributed by atoms with Crippen molar-refractivity contribution < 1.29 is 0 Å². The normalized spacial score (nSPS) is 15.4. The van der Waals surface area contributed by atoms with Gasteiger partial charge in [0.2, 0.25) is 0 Å². The molecule has 0 aliphatic carbocycles. The lowest BCUT2D eigenvalue weighted by molar-refractivity contribution is 0.640. The first-order valence-electron chi connectivity index (χ1n) is 6.73. The summed E-state index contributed by atoms with van der Waals surface area (Å²) in [5, 5.41) is 1.15. The zero-order valence-corrected chi connectivity index (χ0v) is 13.1. The first kappa shape index (κ1) is 14.4. The smallest absolute Gasteiger partial charge is 0.147 e. The summed E-state index contributed by atoms with van der Waals surface area (Å²) >= 11 is 12.1. The fourth-order valence-corrected chi connectivity index (χ4v) is 2.90. The molecule has 0 bridgehead atoms. The summed E-state index contributed by atoms with van der Waals surface area (Å²) in [4.78, 5) is 17.2. The molecule has 1 aliphatic heterocycles. The van der Waals surface area contributed by atoms with Gasteiger partial charge in [0.15, 0.2) is 0 Å². The van der Waals surface area contributed by atoms with Crippen molar-refractivity contribution in [2.45, 2.75) is 6.92 Å². The molecule has 21 heavy (non-hydrogen) atoms. The number of nitrogens with zero attached hydrogens (tertiary/aromatic N) is 5. The average Bonchev–Trinajstić information content (AvgIpc) is 2.47. The predicted octanol–water partition coefficient (Wildman–Crippen LogP) is 2.81. The molecule has 0 spiro atoms. The number of aryl methyl sites for hydroxylation is 1. The summed E-state index contributed by atoms with van der Waals surface area (Å²) in [6, 6.07) is 3.73. The highest BCUT2D eigenvalue weighted by atomic mass is 35.5. The van der Waals surface area contributed by atoms with Crippen LogP contribution in [-0.2, 0) is 0 Å². The van der Waals surface area contributed by atoms with E-state index in [4.69, 9.17) is 23.2 Å². The van der Waals surface area contributed by atoms with Gasteiger partial charge < -0.3 is 9.80 Å². The maximum Gasteiger partial charge on any atom is 0.147 e. The molecule has 3 rings (SSSR count). The molecule has 0 saturated carbocycles. The molecular formula is C14H15Cl2N5. The lowest BCUT2D eigenvalue weighted by atomic mass is 10.3. The Labute approximate surface area is 133 Å². The van der Waals surface area contributed by atoms with Gasteiger partial charge in [-0.3, -0.25) is 0 Å². The Morgan fingerprint density at radius 1 is 0.952 bits per heavy atom. The standard InChI is InChI=1S/C14H15Cl2N5/c1-10-6-13(19-9-18-10)20-2-4-21(5-3-20)14-12(16)7-11(15)8-17-14/h6-9H,2-5H2,1H3. The van der Waals surface area contributed by atoms with Crippen LogP contribution < -0.4 is 9.80 Å². The van der Waals surface area contributed by atoms with Gasteiger partial charge in [-0.25, -0.2) is 15.0 Å². The Hall–Kier alpha value is -1.59. The molecule has 1 aliphatic rings. The maximum absolute atomic E-state index is 6.21. The molecular weight excluding hydrogens is 309 g/mol. The summed E-state index contributed by atoms with van der Waals surface area (Å²) in [5.74, 6) is 1.76. The number of hydrogen-bond donors (Lipinski definition) is 0. The fraction of sp³-hybridized carbons (Fsp3) is 0.357. The number of halogens is 2. The van der Waals surface area contributed by atoms with E-state index in [2.05, 4.69) is 24.8 Å².